The van der Waals surface area contributed by atoms with Crippen LogP contribution in [0.3, 0.4) is 0 Å². The van der Waals surface area contributed by atoms with Gasteiger partial charge in [0.1, 0.15) is 5.58 Å². The molecule has 3 heteroatoms. The van der Waals surface area contributed by atoms with E-state index in [1.165, 1.54) is 55.3 Å². The van der Waals surface area contributed by atoms with Gasteiger partial charge in [-0.1, -0.05) is 172 Å². The Kier molecular flexibility index (Phi) is 8.56. The van der Waals surface area contributed by atoms with Crippen molar-refractivity contribution in [2.45, 2.75) is 19.3 Å². The van der Waals surface area contributed by atoms with E-state index in [1.54, 1.807) is 0 Å². The van der Waals surface area contributed by atoms with Crippen LogP contribution >= 0.6 is 0 Å². The predicted octanol–water partition coefficient (Wildman–Crippen LogP) is 17.5. The standard InChI is InChI=1S/C63H44N2O/c1-63(2)57-39-46(42-15-7-4-8-16-42)27-35-51(57)52-36-34-50(40-58(52)63)64(47-28-21-43(22-29-47)41-13-5-3-6-14-41)48-30-23-44(24-31-48)45-25-32-49(33-26-45)65-59-19-11-9-17-53(59)55-37-38-56-54-18-10-12-20-60(54)66-62(56)61(55)65/h3-40H,1-2H3. The van der Waals surface area contributed by atoms with Crippen molar-refractivity contribution >= 4 is 60.8 Å². The molecule has 0 saturated heterocycles. The molecule has 0 N–H and O–H groups in total. The molecule has 12 aromatic rings. The summed E-state index contributed by atoms with van der Waals surface area (Å²) in [6.07, 6.45) is 0. The van der Waals surface area contributed by atoms with Crippen LogP contribution in [0.15, 0.2) is 235 Å². The Morgan fingerprint density at radius 3 is 1.53 bits per heavy atom. The van der Waals surface area contributed by atoms with E-state index in [1.807, 2.05) is 6.07 Å². The summed E-state index contributed by atoms with van der Waals surface area (Å²) in [4.78, 5) is 2.40. The van der Waals surface area contributed by atoms with Gasteiger partial charge in [-0.2, -0.15) is 0 Å². The summed E-state index contributed by atoms with van der Waals surface area (Å²) < 4.78 is 8.98. The molecule has 0 bridgehead atoms. The van der Waals surface area contributed by atoms with E-state index >= 15 is 0 Å². The van der Waals surface area contributed by atoms with Crippen LogP contribution in [0, 0.1) is 0 Å². The van der Waals surface area contributed by atoms with Gasteiger partial charge in [-0.25, -0.2) is 0 Å². The Hall–Kier alpha value is -8.40. The van der Waals surface area contributed by atoms with Crippen LogP contribution in [0.25, 0.3) is 93.9 Å². The molecule has 1 aliphatic carbocycles. The first-order valence-corrected chi connectivity index (χ1v) is 22.8. The monoisotopic (exact) mass is 844 g/mol. The summed E-state index contributed by atoms with van der Waals surface area (Å²) in [5.41, 5.74) is 20.9. The molecule has 0 radical (unpaired) electrons. The average molecular weight is 845 g/mol. The van der Waals surface area contributed by atoms with Gasteiger partial charge < -0.3 is 13.9 Å². The number of anilines is 3. The second-order valence-corrected chi connectivity index (χ2v) is 18.1. The molecular formula is C63H44N2O. The lowest BCUT2D eigenvalue weighted by atomic mass is 9.81. The summed E-state index contributed by atoms with van der Waals surface area (Å²) in [7, 11) is 0. The zero-order valence-electron chi connectivity index (χ0n) is 36.7. The zero-order chi connectivity index (χ0) is 43.9. The Bertz CT molecular complexity index is 3800. The molecule has 2 heterocycles. The van der Waals surface area contributed by atoms with Crippen molar-refractivity contribution in [3.63, 3.8) is 0 Å². The summed E-state index contributed by atoms with van der Waals surface area (Å²) in [5.74, 6) is 0. The second-order valence-electron chi connectivity index (χ2n) is 18.1. The molecule has 66 heavy (non-hydrogen) atoms. The molecule has 0 saturated carbocycles. The SMILES string of the molecule is CC1(C)c2cc(-c3ccccc3)ccc2-c2ccc(N(c3ccc(-c4ccccc4)cc3)c3ccc(-c4ccc(-n5c6ccccc6c6ccc7c8ccccc8oc7c65)cc4)cc3)cc21. The molecule has 312 valence electrons. The lowest BCUT2D eigenvalue weighted by Crippen LogP contribution is -2.16. The molecule has 13 rings (SSSR count). The van der Waals surface area contributed by atoms with Gasteiger partial charge in [-0.3, -0.25) is 0 Å². The molecule has 0 atom stereocenters. The van der Waals surface area contributed by atoms with Gasteiger partial charge in [0.15, 0.2) is 5.58 Å². The molecule has 0 spiro atoms. The van der Waals surface area contributed by atoms with Crippen molar-refractivity contribution in [1.82, 2.24) is 4.57 Å². The van der Waals surface area contributed by atoms with Gasteiger partial charge >= 0.3 is 0 Å². The number of para-hydroxylation sites is 2. The maximum atomic E-state index is 6.61. The topological polar surface area (TPSA) is 21.3 Å². The van der Waals surface area contributed by atoms with Gasteiger partial charge in [-0.15, -0.1) is 0 Å². The van der Waals surface area contributed by atoms with E-state index in [9.17, 15) is 0 Å². The minimum Gasteiger partial charge on any atom is -0.454 e. The normalized spacial score (nSPS) is 12.8. The van der Waals surface area contributed by atoms with Gasteiger partial charge in [0.05, 0.1) is 11.0 Å². The Morgan fingerprint density at radius 1 is 0.379 bits per heavy atom. The summed E-state index contributed by atoms with van der Waals surface area (Å²) in [5, 5.41) is 4.66. The first-order valence-electron chi connectivity index (χ1n) is 22.8. The van der Waals surface area contributed by atoms with Crippen LogP contribution in [0.2, 0.25) is 0 Å². The third-order valence-electron chi connectivity index (χ3n) is 14.0. The average Bonchev–Trinajstić information content (AvgIpc) is 4.00. The summed E-state index contributed by atoms with van der Waals surface area (Å²) in [6, 6.07) is 83.8. The molecule has 0 unspecified atom stereocenters. The van der Waals surface area contributed by atoms with Crippen molar-refractivity contribution in [3.05, 3.63) is 242 Å². The second kappa shape index (κ2) is 14.8. The Morgan fingerprint density at radius 2 is 0.864 bits per heavy atom. The van der Waals surface area contributed by atoms with Crippen LogP contribution in [-0.2, 0) is 5.41 Å². The van der Waals surface area contributed by atoms with Gasteiger partial charge in [0.2, 0.25) is 0 Å². The third kappa shape index (κ3) is 5.97. The lowest BCUT2D eigenvalue weighted by Gasteiger charge is -2.28. The number of hydrogen-bond donors (Lipinski definition) is 0. The molecule has 0 fully saturated rings. The quantitative estimate of drug-likeness (QED) is 0.159. The molecule has 0 amide bonds. The van der Waals surface area contributed by atoms with E-state index in [2.05, 4.69) is 248 Å². The van der Waals surface area contributed by atoms with E-state index < -0.39 is 0 Å². The van der Waals surface area contributed by atoms with Crippen molar-refractivity contribution in [1.29, 1.82) is 0 Å². The highest BCUT2D eigenvalue weighted by molar-refractivity contribution is 6.21. The molecule has 1 aliphatic rings. The summed E-state index contributed by atoms with van der Waals surface area (Å²) >= 11 is 0. The van der Waals surface area contributed by atoms with E-state index in [0.717, 1.165) is 66.8 Å². The van der Waals surface area contributed by atoms with E-state index in [0.29, 0.717) is 0 Å². The molecular weight excluding hydrogens is 801 g/mol. The molecule has 0 aliphatic heterocycles. The van der Waals surface area contributed by atoms with Gasteiger partial charge in [0.25, 0.3) is 0 Å². The maximum Gasteiger partial charge on any atom is 0.160 e. The van der Waals surface area contributed by atoms with Crippen molar-refractivity contribution in [3.8, 4) is 50.2 Å². The first kappa shape index (κ1) is 38.1. The summed E-state index contributed by atoms with van der Waals surface area (Å²) in [6.45, 7) is 4.74. The largest absolute Gasteiger partial charge is 0.454 e. The highest BCUT2D eigenvalue weighted by Gasteiger charge is 2.36. The third-order valence-corrected chi connectivity index (χ3v) is 14.0. The van der Waals surface area contributed by atoms with Crippen LogP contribution < -0.4 is 4.90 Å². The number of fused-ring (bicyclic) bond motifs is 10. The predicted molar refractivity (Wildman–Crippen MR) is 277 cm³/mol. The number of rotatable bonds is 7. The Labute approximate surface area is 384 Å². The van der Waals surface area contributed by atoms with Crippen molar-refractivity contribution < 1.29 is 4.42 Å². The van der Waals surface area contributed by atoms with Crippen LogP contribution in [0.4, 0.5) is 17.1 Å². The number of hydrogen-bond acceptors (Lipinski definition) is 2. The van der Waals surface area contributed by atoms with Crippen molar-refractivity contribution in [2.24, 2.45) is 0 Å². The molecule has 3 nitrogen and oxygen atoms in total. The number of nitrogens with zero attached hydrogens (tertiary/aromatic N) is 2. The maximum absolute atomic E-state index is 6.61. The molecule has 2 aromatic heterocycles. The minimum atomic E-state index is -0.179. The number of furan rings is 1. The van der Waals surface area contributed by atoms with Gasteiger partial charge in [-0.05, 0) is 128 Å². The smallest absolute Gasteiger partial charge is 0.160 e. The fraction of sp³-hybridized carbons (Fsp3) is 0.0476. The highest BCUT2D eigenvalue weighted by atomic mass is 16.3. The fourth-order valence-corrected chi connectivity index (χ4v) is 10.7. The lowest BCUT2D eigenvalue weighted by molar-refractivity contribution is 0.660. The van der Waals surface area contributed by atoms with E-state index in [4.69, 9.17) is 4.42 Å². The minimum absolute atomic E-state index is 0.179. The Balaban J connectivity index is 0.878. The van der Waals surface area contributed by atoms with Crippen LogP contribution in [0.1, 0.15) is 25.0 Å². The zero-order valence-corrected chi connectivity index (χ0v) is 36.7. The first-order chi connectivity index (χ1) is 32.5. The fourth-order valence-electron chi connectivity index (χ4n) is 10.7. The van der Waals surface area contributed by atoms with Crippen LogP contribution in [0.5, 0.6) is 0 Å². The molecule has 10 aromatic carbocycles. The van der Waals surface area contributed by atoms with Gasteiger partial charge in [0, 0.05) is 49.7 Å². The number of benzene rings is 10. The van der Waals surface area contributed by atoms with Crippen molar-refractivity contribution in [2.75, 3.05) is 4.90 Å². The highest BCUT2D eigenvalue weighted by Crippen LogP contribution is 2.52. The number of aromatic nitrogens is 1. The van der Waals surface area contributed by atoms with E-state index in [-0.39, 0.29) is 5.41 Å². The van der Waals surface area contributed by atoms with Crippen LogP contribution in [-0.4, -0.2) is 4.57 Å².